The van der Waals surface area contributed by atoms with Gasteiger partial charge in [0.05, 0.1) is 30.6 Å². The topological polar surface area (TPSA) is 77.9 Å². The molecule has 7 nitrogen and oxygen atoms in total. The molecule has 2 unspecified atom stereocenters. The number of fused-ring (bicyclic) bond motifs is 2. The molecule has 2 aliphatic rings. The van der Waals surface area contributed by atoms with Gasteiger partial charge < -0.3 is 15.2 Å². The minimum Gasteiger partial charge on any atom is -0.496 e. The molecule has 1 saturated heterocycles. The number of aromatic nitrogens is 3. The van der Waals surface area contributed by atoms with Crippen molar-refractivity contribution in [3.05, 3.63) is 78.3 Å². The first-order valence-electron chi connectivity index (χ1n) is 11.5. The molecule has 4 heterocycles. The van der Waals surface area contributed by atoms with E-state index >= 15 is 0 Å². The highest BCUT2D eigenvalue weighted by molar-refractivity contribution is 5.71. The van der Waals surface area contributed by atoms with E-state index in [1.54, 1.807) is 7.11 Å². The van der Waals surface area contributed by atoms with Crippen LogP contribution in [-0.2, 0) is 0 Å². The number of piperidine rings is 1. The molecule has 1 spiro atoms. The standard InChI is InChI=1S/C27H27N5O2/c1-31-14-13-27(12-11-18-15-19(28)7-10-24(18)34-27)16-23(31)26-29-17-20-8-9-22(32(20)30-26)21-5-3-4-6-25(21)33-2/h3-12,15,17,23H,13-14,16,28H2,1-2H3. The molecule has 2 aromatic heterocycles. The molecular formula is C27H27N5O2. The molecule has 0 bridgehead atoms. The van der Waals surface area contributed by atoms with E-state index in [1.807, 2.05) is 53.2 Å². The number of anilines is 1. The van der Waals surface area contributed by atoms with Crippen LogP contribution in [0.25, 0.3) is 22.9 Å². The van der Waals surface area contributed by atoms with Gasteiger partial charge in [-0.2, -0.15) is 5.10 Å². The van der Waals surface area contributed by atoms with Gasteiger partial charge in [-0.15, -0.1) is 0 Å². The third-order valence-corrected chi connectivity index (χ3v) is 6.97. The maximum atomic E-state index is 6.56. The van der Waals surface area contributed by atoms with Crippen molar-refractivity contribution in [1.82, 2.24) is 19.5 Å². The number of ether oxygens (including phenoxy) is 2. The Morgan fingerprint density at radius 1 is 1.15 bits per heavy atom. The Morgan fingerprint density at radius 2 is 2.03 bits per heavy atom. The van der Waals surface area contributed by atoms with Crippen LogP contribution < -0.4 is 15.2 Å². The second-order valence-electron chi connectivity index (χ2n) is 9.12. The Hall–Kier alpha value is -3.84. The second kappa shape index (κ2) is 7.88. The third kappa shape index (κ3) is 3.40. The number of nitrogens with two attached hydrogens (primary N) is 1. The summed E-state index contributed by atoms with van der Waals surface area (Å²) in [5, 5.41) is 5.01. The zero-order valence-corrected chi connectivity index (χ0v) is 19.3. The van der Waals surface area contributed by atoms with E-state index in [2.05, 4.69) is 36.2 Å². The summed E-state index contributed by atoms with van der Waals surface area (Å²) in [6.07, 6.45) is 7.88. The fourth-order valence-corrected chi connectivity index (χ4v) is 5.05. The van der Waals surface area contributed by atoms with Crippen LogP contribution in [0, 0.1) is 0 Å². The summed E-state index contributed by atoms with van der Waals surface area (Å²) in [6, 6.07) is 17.9. The Morgan fingerprint density at radius 3 is 2.91 bits per heavy atom. The Bertz CT molecular complexity index is 1410. The number of hydrogen-bond donors (Lipinski definition) is 1. The van der Waals surface area contributed by atoms with Crippen molar-refractivity contribution in [3.8, 4) is 22.8 Å². The lowest BCUT2D eigenvalue weighted by atomic mass is 9.83. The van der Waals surface area contributed by atoms with Crippen molar-refractivity contribution in [1.29, 1.82) is 0 Å². The first-order chi connectivity index (χ1) is 16.5. The lowest BCUT2D eigenvalue weighted by Crippen LogP contribution is -2.48. The van der Waals surface area contributed by atoms with E-state index < -0.39 is 0 Å². The van der Waals surface area contributed by atoms with Gasteiger partial charge in [-0.25, -0.2) is 9.50 Å². The van der Waals surface area contributed by atoms with Crippen LogP contribution in [0.5, 0.6) is 11.5 Å². The third-order valence-electron chi connectivity index (χ3n) is 6.97. The van der Waals surface area contributed by atoms with Gasteiger partial charge in [-0.3, -0.25) is 4.90 Å². The molecule has 0 amide bonds. The van der Waals surface area contributed by atoms with Crippen molar-refractivity contribution in [2.45, 2.75) is 24.5 Å². The van der Waals surface area contributed by atoms with Crippen molar-refractivity contribution in [3.63, 3.8) is 0 Å². The Kier molecular flexibility index (Phi) is 4.81. The second-order valence-corrected chi connectivity index (χ2v) is 9.12. The maximum absolute atomic E-state index is 6.56. The van der Waals surface area contributed by atoms with E-state index in [1.165, 1.54) is 0 Å². The predicted octanol–water partition coefficient (Wildman–Crippen LogP) is 4.60. The molecule has 2 aromatic carbocycles. The summed E-state index contributed by atoms with van der Waals surface area (Å²) < 4.78 is 14.1. The lowest BCUT2D eigenvalue weighted by molar-refractivity contribution is 0.0116. The van der Waals surface area contributed by atoms with Gasteiger partial charge in [-0.1, -0.05) is 18.2 Å². The fraction of sp³-hybridized carbons (Fsp3) is 0.259. The molecule has 2 N–H and O–H groups in total. The molecule has 2 aliphatic heterocycles. The highest BCUT2D eigenvalue weighted by Gasteiger charge is 2.42. The molecule has 6 rings (SSSR count). The summed E-state index contributed by atoms with van der Waals surface area (Å²) in [4.78, 5) is 7.08. The summed E-state index contributed by atoms with van der Waals surface area (Å²) in [5.41, 5.74) is 10.2. The Labute approximate surface area is 198 Å². The molecule has 4 aromatic rings. The van der Waals surface area contributed by atoms with E-state index in [9.17, 15) is 0 Å². The zero-order valence-electron chi connectivity index (χ0n) is 19.3. The largest absolute Gasteiger partial charge is 0.496 e. The van der Waals surface area contributed by atoms with Gasteiger partial charge in [-0.05, 0) is 55.6 Å². The first-order valence-corrected chi connectivity index (χ1v) is 11.5. The number of methoxy groups -OCH3 is 1. The predicted molar refractivity (Wildman–Crippen MR) is 133 cm³/mol. The van der Waals surface area contributed by atoms with Crippen LogP contribution in [0.15, 0.2) is 66.9 Å². The summed E-state index contributed by atoms with van der Waals surface area (Å²) in [7, 11) is 3.82. The van der Waals surface area contributed by atoms with Crippen LogP contribution in [0.3, 0.4) is 0 Å². The molecule has 1 fully saturated rings. The molecule has 7 heteroatoms. The van der Waals surface area contributed by atoms with Gasteiger partial charge in [0.25, 0.3) is 0 Å². The van der Waals surface area contributed by atoms with E-state index in [-0.39, 0.29) is 11.6 Å². The molecule has 0 radical (unpaired) electrons. The van der Waals surface area contributed by atoms with E-state index in [0.717, 1.165) is 64.7 Å². The van der Waals surface area contributed by atoms with Crippen LogP contribution >= 0.6 is 0 Å². The normalized spacial score (nSPS) is 22.0. The average molecular weight is 454 g/mol. The fourth-order valence-electron chi connectivity index (χ4n) is 5.05. The average Bonchev–Trinajstić information content (AvgIpc) is 3.29. The summed E-state index contributed by atoms with van der Waals surface area (Å²) >= 11 is 0. The van der Waals surface area contributed by atoms with Gasteiger partial charge in [0, 0.05) is 36.2 Å². The molecule has 34 heavy (non-hydrogen) atoms. The monoisotopic (exact) mass is 453 g/mol. The van der Waals surface area contributed by atoms with Gasteiger partial charge >= 0.3 is 0 Å². The van der Waals surface area contributed by atoms with Crippen molar-refractivity contribution in [2.24, 2.45) is 0 Å². The summed E-state index contributed by atoms with van der Waals surface area (Å²) in [6.45, 7) is 0.881. The van der Waals surface area contributed by atoms with Crippen LogP contribution in [-0.4, -0.2) is 45.8 Å². The zero-order chi connectivity index (χ0) is 23.3. The van der Waals surface area contributed by atoms with Crippen LogP contribution in [0.1, 0.15) is 30.3 Å². The SMILES string of the molecule is COc1ccccc1-c1ccc2cnc(C3CC4(C=Cc5cc(N)ccc5O4)CCN3C)nn12. The van der Waals surface area contributed by atoms with Gasteiger partial charge in [0.2, 0.25) is 0 Å². The summed E-state index contributed by atoms with van der Waals surface area (Å²) in [5.74, 6) is 2.47. The number of nitrogen functional groups attached to an aromatic ring is 1. The highest BCUT2D eigenvalue weighted by Crippen LogP contribution is 2.43. The lowest BCUT2D eigenvalue weighted by Gasteiger charge is -2.44. The minimum absolute atomic E-state index is 0.0195. The van der Waals surface area contributed by atoms with Crippen molar-refractivity contribution >= 4 is 17.3 Å². The number of benzene rings is 2. The highest BCUT2D eigenvalue weighted by atomic mass is 16.5. The van der Waals surface area contributed by atoms with Gasteiger partial charge in [0.15, 0.2) is 5.82 Å². The van der Waals surface area contributed by atoms with E-state index in [4.69, 9.17) is 25.3 Å². The number of nitrogens with zero attached hydrogens (tertiary/aromatic N) is 4. The smallest absolute Gasteiger partial charge is 0.166 e. The molecular weight excluding hydrogens is 426 g/mol. The van der Waals surface area contributed by atoms with Crippen LogP contribution in [0.4, 0.5) is 5.69 Å². The number of rotatable bonds is 3. The maximum Gasteiger partial charge on any atom is 0.166 e. The van der Waals surface area contributed by atoms with Crippen molar-refractivity contribution < 1.29 is 9.47 Å². The van der Waals surface area contributed by atoms with Gasteiger partial charge in [0.1, 0.15) is 17.1 Å². The molecule has 0 aliphatic carbocycles. The minimum atomic E-state index is -0.388. The molecule has 172 valence electrons. The molecule has 0 saturated carbocycles. The number of para-hydroxylation sites is 1. The number of hydrogen-bond acceptors (Lipinski definition) is 6. The first kappa shape index (κ1) is 20.7. The van der Waals surface area contributed by atoms with Crippen LogP contribution in [0.2, 0.25) is 0 Å². The quantitative estimate of drug-likeness (QED) is 0.457. The van der Waals surface area contributed by atoms with Crippen molar-refractivity contribution in [2.75, 3.05) is 26.4 Å². The Balaban J connectivity index is 1.37. The number of likely N-dealkylation sites (tertiary alicyclic amines) is 1. The van der Waals surface area contributed by atoms with E-state index in [0.29, 0.717) is 0 Å². The molecule has 2 atom stereocenters.